The minimum absolute atomic E-state index is 0.0000665. The fourth-order valence-electron chi connectivity index (χ4n) is 4.57. The maximum Gasteiger partial charge on any atom is 0.416 e. The summed E-state index contributed by atoms with van der Waals surface area (Å²) in [7, 11) is 0. The van der Waals surface area contributed by atoms with Gasteiger partial charge in [0.05, 0.1) is 17.0 Å². The van der Waals surface area contributed by atoms with Crippen molar-refractivity contribution in [1.82, 2.24) is 9.97 Å². The summed E-state index contributed by atoms with van der Waals surface area (Å²) in [5.74, 6) is -1.34. The number of fused-ring (bicyclic) bond motifs is 1. The summed E-state index contributed by atoms with van der Waals surface area (Å²) in [5.41, 5.74) is -1.58. The number of aromatic amines is 1. The molecule has 2 aliphatic heterocycles. The average Bonchev–Trinajstić information content (AvgIpc) is 2.71. The van der Waals surface area contributed by atoms with Gasteiger partial charge in [0.2, 0.25) is 17.8 Å². The second-order valence-electron chi connectivity index (χ2n) is 8.88. The second kappa shape index (κ2) is 8.53. The molecule has 0 saturated carbocycles. The standard InChI is InChI=1S/C22H24F3N5O3/c1-11-6-12(2)10-30(9-11)21-28-18-17(20(33)29-21)15(8-16(31)27-18)19(32)26-14-5-3-4-13(7-14)22(23,24)25/h3-5,7,11-12,15H,6,8-10H2,1-2H3,(H,26,32)(H2,27,28,29,31,33). The van der Waals surface area contributed by atoms with E-state index in [2.05, 4.69) is 34.4 Å². The molecule has 0 aliphatic carbocycles. The normalized spacial score (nSPS) is 23.0. The number of rotatable bonds is 3. The molecule has 2 aliphatic rings. The number of benzene rings is 1. The number of nitrogens with one attached hydrogen (secondary N) is 3. The number of nitrogens with zero attached hydrogens (tertiary/aromatic N) is 2. The van der Waals surface area contributed by atoms with Crippen molar-refractivity contribution < 1.29 is 22.8 Å². The maximum atomic E-state index is 13.0. The van der Waals surface area contributed by atoms with Crippen LogP contribution in [-0.2, 0) is 15.8 Å². The molecule has 3 atom stereocenters. The third-order valence-electron chi connectivity index (χ3n) is 5.88. The van der Waals surface area contributed by atoms with Crippen molar-refractivity contribution in [3.05, 3.63) is 45.7 Å². The minimum Gasteiger partial charge on any atom is -0.342 e. The van der Waals surface area contributed by atoms with Crippen LogP contribution in [-0.4, -0.2) is 34.9 Å². The molecule has 0 radical (unpaired) electrons. The predicted molar refractivity (Wildman–Crippen MR) is 116 cm³/mol. The van der Waals surface area contributed by atoms with Crippen molar-refractivity contribution in [2.24, 2.45) is 11.8 Å². The Morgan fingerprint density at radius 1 is 1.18 bits per heavy atom. The van der Waals surface area contributed by atoms with E-state index in [0.717, 1.165) is 18.6 Å². The van der Waals surface area contributed by atoms with Crippen LogP contribution in [0.3, 0.4) is 0 Å². The van der Waals surface area contributed by atoms with Crippen LogP contribution in [0, 0.1) is 11.8 Å². The van der Waals surface area contributed by atoms with Gasteiger partial charge in [-0.25, -0.2) is 0 Å². The quantitative estimate of drug-likeness (QED) is 0.647. The second-order valence-corrected chi connectivity index (χ2v) is 8.88. The number of carbonyl (C=O) groups excluding carboxylic acids is 2. The SMILES string of the molecule is CC1CC(C)CN(c2nc3c(c(=O)[nH]2)C(C(=O)Nc2cccc(C(F)(F)F)c2)CC(=O)N3)C1. The van der Waals surface area contributed by atoms with E-state index in [1.807, 2.05) is 4.90 Å². The van der Waals surface area contributed by atoms with Gasteiger partial charge in [0.25, 0.3) is 5.56 Å². The molecule has 3 heterocycles. The van der Waals surface area contributed by atoms with Crippen LogP contribution in [0.15, 0.2) is 29.1 Å². The van der Waals surface area contributed by atoms with Gasteiger partial charge in [0.15, 0.2) is 0 Å². The van der Waals surface area contributed by atoms with Crippen molar-refractivity contribution in [3.8, 4) is 0 Å². The minimum atomic E-state index is -4.57. The molecule has 2 aromatic rings. The summed E-state index contributed by atoms with van der Waals surface area (Å²) in [4.78, 5) is 47.2. The number of halogens is 3. The summed E-state index contributed by atoms with van der Waals surface area (Å²) >= 11 is 0. The smallest absolute Gasteiger partial charge is 0.342 e. The summed E-state index contributed by atoms with van der Waals surface area (Å²) in [6, 6.07) is 4.16. The zero-order valence-electron chi connectivity index (χ0n) is 18.1. The number of alkyl halides is 3. The Bertz CT molecular complexity index is 1140. The summed E-state index contributed by atoms with van der Waals surface area (Å²) in [6.45, 7) is 5.60. The van der Waals surface area contributed by atoms with E-state index in [-0.39, 0.29) is 23.5 Å². The summed E-state index contributed by atoms with van der Waals surface area (Å²) in [5, 5.41) is 4.95. The van der Waals surface area contributed by atoms with E-state index in [1.54, 1.807) is 0 Å². The van der Waals surface area contributed by atoms with Crippen LogP contribution in [0.2, 0.25) is 0 Å². The van der Waals surface area contributed by atoms with Gasteiger partial charge >= 0.3 is 6.18 Å². The highest BCUT2D eigenvalue weighted by molar-refractivity contribution is 6.04. The molecule has 1 fully saturated rings. The molecular formula is C22H24F3N5O3. The highest BCUT2D eigenvalue weighted by Gasteiger charge is 2.36. The average molecular weight is 463 g/mol. The van der Waals surface area contributed by atoms with E-state index in [9.17, 15) is 27.6 Å². The molecule has 3 N–H and O–H groups in total. The Labute approximate surface area is 187 Å². The number of aromatic nitrogens is 2. The van der Waals surface area contributed by atoms with Gasteiger partial charge in [-0.15, -0.1) is 0 Å². The van der Waals surface area contributed by atoms with Crippen LogP contribution in [0.4, 0.5) is 30.6 Å². The lowest BCUT2D eigenvalue weighted by molar-refractivity contribution is -0.137. The first-order chi connectivity index (χ1) is 15.5. The van der Waals surface area contributed by atoms with Gasteiger partial charge in [-0.3, -0.25) is 19.4 Å². The number of carbonyl (C=O) groups is 2. The van der Waals surface area contributed by atoms with Gasteiger partial charge < -0.3 is 15.5 Å². The fourth-order valence-corrected chi connectivity index (χ4v) is 4.57. The zero-order chi connectivity index (χ0) is 23.9. The van der Waals surface area contributed by atoms with Crippen LogP contribution in [0.25, 0.3) is 0 Å². The molecule has 8 nitrogen and oxygen atoms in total. The monoisotopic (exact) mass is 463 g/mol. The Balaban J connectivity index is 1.63. The number of H-pyrrole nitrogens is 1. The third kappa shape index (κ3) is 4.86. The number of piperidine rings is 1. The number of anilines is 3. The summed E-state index contributed by atoms with van der Waals surface area (Å²) < 4.78 is 38.9. The van der Waals surface area contributed by atoms with Gasteiger partial charge in [-0.2, -0.15) is 18.2 Å². The summed E-state index contributed by atoms with van der Waals surface area (Å²) in [6.07, 6.45) is -3.83. The number of hydrogen-bond donors (Lipinski definition) is 3. The van der Waals surface area contributed by atoms with E-state index in [1.165, 1.54) is 12.1 Å². The van der Waals surface area contributed by atoms with Gasteiger partial charge in [0.1, 0.15) is 5.82 Å². The Kier molecular flexibility index (Phi) is 5.89. The predicted octanol–water partition coefficient (Wildman–Crippen LogP) is 3.34. The molecule has 1 aromatic carbocycles. The largest absolute Gasteiger partial charge is 0.416 e. The lowest BCUT2D eigenvalue weighted by Gasteiger charge is -2.35. The molecule has 33 heavy (non-hydrogen) atoms. The first-order valence-electron chi connectivity index (χ1n) is 10.7. The van der Waals surface area contributed by atoms with Gasteiger partial charge in [-0.05, 0) is 36.5 Å². The highest BCUT2D eigenvalue weighted by Crippen LogP contribution is 2.33. The molecule has 1 aromatic heterocycles. The molecule has 0 bridgehead atoms. The van der Waals surface area contributed by atoms with Crippen molar-refractivity contribution in [3.63, 3.8) is 0 Å². The number of amides is 2. The molecule has 4 rings (SSSR count). The zero-order valence-corrected chi connectivity index (χ0v) is 18.1. The lowest BCUT2D eigenvalue weighted by Crippen LogP contribution is -2.42. The van der Waals surface area contributed by atoms with Crippen LogP contribution >= 0.6 is 0 Å². The van der Waals surface area contributed by atoms with Crippen LogP contribution in [0.5, 0.6) is 0 Å². The van der Waals surface area contributed by atoms with E-state index >= 15 is 0 Å². The Hall–Kier alpha value is -3.37. The van der Waals surface area contributed by atoms with Crippen LogP contribution < -0.4 is 21.1 Å². The van der Waals surface area contributed by atoms with E-state index in [0.29, 0.717) is 30.9 Å². The third-order valence-corrected chi connectivity index (χ3v) is 5.88. The van der Waals surface area contributed by atoms with Crippen molar-refractivity contribution in [2.75, 3.05) is 28.6 Å². The van der Waals surface area contributed by atoms with Gasteiger partial charge in [0, 0.05) is 25.2 Å². The Morgan fingerprint density at radius 2 is 1.88 bits per heavy atom. The van der Waals surface area contributed by atoms with E-state index < -0.39 is 35.0 Å². The van der Waals surface area contributed by atoms with Crippen LogP contribution in [0.1, 0.15) is 43.7 Å². The molecular weight excluding hydrogens is 439 g/mol. The fraction of sp³-hybridized carbons (Fsp3) is 0.455. The van der Waals surface area contributed by atoms with Crippen molar-refractivity contribution in [1.29, 1.82) is 0 Å². The van der Waals surface area contributed by atoms with Crippen molar-refractivity contribution >= 4 is 29.3 Å². The molecule has 11 heteroatoms. The topological polar surface area (TPSA) is 107 Å². The first kappa shape index (κ1) is 22.8. The molecule has 3 unspecified atom stereocenters. The molecule has 176 valence electrons. The van der Waals surface area contributed by atoms with E-state index in [4.69, 9.17) is 0 Å². The highest BCUT2D eigenvalue weighted by atomic mass is 19.4. The maximum absolute atomic E-state index is 13.0. The Morgan fingerprint density at radius 3 is 2.55 bits per heavy atom. The molecule has 0 spiro atoms. The number of hydrogen-bond acceptors (Lipinski definition) is 5. The lowest BCUT2D eigenvalue weighted by atomic mass is 9.91. The first-order valence-corrected chi connectivity index (χ1v) is 10.7. The van der Waals surface area contributed by atoms with Crippen molar-refractivity contribution in [2.45, 2.75) is 38.8 Å². The molecule has 2 amide bonds. The van der Waals surface area contributed by atoms with Gasteiger partial charge in [-0.1, -0.05) is 19.9 Å². The molecule has 1 saturated heterocycles.